The molecule has 0 aliphatic rings. The molecule has 7 heteroatoms. The molecule has 0 bridgehead atoms. The van der Waals surface area contributed by atoms with Gasteiger partial charge in [-0.1, -0.05) is 6.58 Å². The summed E-state index contributed by atoms with van der Waals surface area (Å²) in [5, 5.41) is 9.77. The van der Waals surface area contributed by atoms with Gasteiger partial charge in [0.2, 0.25) is 5.84 Å². The molecule has 0 aromatic heterocycles. The number of aliphatic imine (C=N–C) groups is 1. The lowest BCUT2D eigenvalue weighted by Gasteiger charge is -2.08. The number of hydrogen-bond donors (Lipinski definition) is 2. The minimum Gasteiger partial charge on any atom is -0.480 e. The van der Waals surface area contributed by atoms with Gasteiger partial charge in [0.1, 0.15) is 6.54 Å². The summed E-state index contributed by atoms with van der Waals surface area (Å²) >= 11 is 0. The third-order valence-electron chi connectivity index (χ3n) is 0.880. The zero-order chi connectivity index (χ0) is 10.5. The Labute approximate surface area is 71.8 Å². The van der Waals surface area contributed by atoms with E-state index < -0.39 is 24.5 Å². The van der Waals surface area contributed by atoms with Crippen LogP contribution in [0.3, 0.4) is 0 Å². The van der Waals surface area contributed by atoms with Gasteiger partial charge < -0.3 is 10.4 Å². The summed E-state index contributed by atoms with van der Waals surface area (Å²) in [6.07, 6.45) is -3.92. The molecule has 0 aromatic carbocycles. The topological polar surface area (TPSA) is 61.7 Å². The van der Waals surface area contributed by atoms with Crippen molar-refractivity contribution in [3.05, 3.63) is 12.8 Å². The van der Waals surface area contributed by atoms with Crippen LogP contribution in [0.2, 0.25) is 0 Å². The Bertz CT molecular complexity index is 235. The first kappa shape index (κ1) is 11.5. The molecular weight excluding hydrogens is 189 g/mol. The number of alkyl halides is 3. The average Bonchev–Trinajstić information content (AvgIpc) is 1.95. The average molecular weight is 196 g/mol. The van der Waals surface area contributed by atoms with Crippen LogP contribution in [0.4, 0.5) is 13.2 Å². The zero-order valence-corrected chi connectivity index (χ0v) is 6.43. The van der Waals surface area contributed by atoms with Gasteiger partial charge in [-0.25, -0.2) is 0 Å². The van der Waals surface area contributed by atoms with E-state index in [1.165, 1.54) is 0 Å². The number of carboxylic acids is 1. The second kappa shape index (κ2) is 4.48. The van der Waals surface area contributed by atoms with E-state index in [4.69, 9.17) is 5.11 Å². The highest BCUT2D eigenvalue weighted by molar-refractivity contribution is 5.89. The Morgan fingerprint density at radius 2 is 2.15 bits per heavy atom. The Balaban J connectivity index is 4.50. The van der Waals surface area contributed by atoms with Crippen molar-refractivity contribution in [2.45, 2.75) is 6.18 Å². The van der Waals surface area contributed by atoms with E-state index in [1.54, 1.807) is 5.32 Å². The largest absolute Gasteiger partial charge is 0.480 e. The van der Waals surface area contributed by atoms with E-state index >= 15 is 0 Å². The van der Waals surface area contributed by atoms with Gasteiger partial charge in [0.25, 0.3) is 0 Å². The third-order valence-corrected chi connectivity index (χ3v) is 0.880. The van der Waals surface area contributed by atoms with Crippen LogP contribution in [0.1, 0.15) is 0 Å². The highest BCUT2D eigenvalue weighted by Gasteiger charge is 2.35. The van der Waals surface area contributed by atoms with Crippen molar-refractivity contribution in [1.29, 1.82) is 0 Å². The van der Waals surface area contributed by atoms with Crippen LogP contribution >= 0.6 is 0 Å². The van der Waals surface area contributed by atoms with Gasteiger partial charge in [0.15, 0.2) is 0 Å². The molecule has 0 radical (unpaired) electrons. The quantitative estimate of drug-likeness (QED) is 0.517. The highest BCUT2D eigenvalue weighted by atomic mass is 19.4. The van der Waals surface area contributed by atoms with E-state index in [1.807, 2.05) is 0 Å². The van der Waals surface area contributed by atoms with Crippen LogP contribution in [0.15, 0.2) is 17.8 Å². The second-order valence-corrected chi connectivity index (χ2v) is 1.90. The molecule has 0 saturated heterocycles. The lowest BCUT2D eigenvalue weighted by Crippen LogP contribution is -2.34. The molecule has 0 aliphatic carbocycles. The molecule has 0 amide bonds. The van der Waals surface area contributed by atoms with Crippen molar-refractivity contribution in [1.82, 2.24) is 5.32 Å². The number of amidine groups is 1. The summed E-state index contributed by atoms with van der Waals surface area (Å²) in [7, 11) is 0. The molecule has 0 heterocycles. The van der Waals surface area contributed by atoms with Crippen LogP contribution in [0, 0.1) is 0 Å². The molecule has 4 nitrogen and oxygen atoms in total. The van der Waals surface area contributed by atoms with Gasteiger partial charge in [-0.2, -0.15) is 13.2 Å². The maximum absolute atomic E-state index is 11.9. The molecule has 13 heavy (non-hydrogen) atoms. The lowest BCUT2D eigenvalue weighted by atomic mass is 10.5. The fourth-order valence-electron chi connectivity index (χ4n) is 0.460. The van der Waals surface area contributed by atoms with Gasteiger partial charge in [-0.15, -0.1) is 0 Å². The van der Waals surface area contributed by atoms with E-state index in [0.717, 1.165) is 6.20 Å². The summed E-state index contributed by atoms with van der Waals surface area (Å²) in [6, 6.07) is 0. The fourth-order valence-corrected chi connectivity index (χ4v) is 0.460. The first-order valence-electron chi connectivity index (χ1n) is 3.08. The van der Waals surface area contributed by atoms with E-state index in [0.29, 0.717) is 0 Å². The summed E-state index contributed by atoms with van der Waals surface area (Å²) in [5.74, 6) is -2.81. The number of aliphatic carboxylic acids is 1. The van der Waals surface area contributed by atoms with Crippen molar-refractivity contribution in [3.63, 3.8) is 0 Å². The Morgan fingerprint density at radius 1 is 1.62 bits per heavy atom. The summed E-state index contributed by atoms with van der Waals surface area (Å²) in [4.78, 5) is 12.7. The highest BCUT2D eigenvalue weighted by Crippen LogP contribution is 2.15. The van der Waals surface area contributed by atoms with E-state index in [2.05, 4.69) is 11.6 Å². The van der Waals surface area contributed by atoms with Crippen LogP contribution in [0.5, 0.6) is 0 Å². The molecule has 0 aromatic rings. The van der Waals surface area contributed by atoms with Gasteiger partial charge in [0.05, 0.1) is 0 Å². The number of carboxylic acid groups (broad SMARTS) is 1. The lowest BCUT2D eigenvalue weighted by molar-refractivity contribution is -0.135. The Kier molecular flexibility index (Phi) is 3.96. The Hall–Kier alpha value is -1.53. The molecular formula is C6H7F3N2O2. The Morgan fingerprint density at radius 3 is 2.46 bits per heavy atom. The molecule has 0 fully saturated rings. The maximum Gasteiger partial charge on any atom is 0.449 e. The molecule has 0 aliphatic heterocycles. The number of rotatable bonds is 3. The zero-order valence-electron chi connectivity index (χ0n) is 6.43. The number of nitrogens with one attached hydrogen (secondary N) is 1. The van der Waals surface area contributed by atoms with Crippen molar-refractivity contribution in [2.75, 3.05) is 6.54 Å². The van der Waals surface area contributed by atoms with Crippen LogP contribution < -0.4 is 5.32 Å². The smallest absolute Gasteiger partial charge is 0.449 e. The van der Waals surface area contributed by atoms with Gasteiger partial charge in [-0.05, 0) is 6.20 Å². The van der Waals surface area contributed by atoms with Gasteiger partial charge >= 0.3 is 12.1 Å². The van der Waals surface area contributed by atoms with Crippen LogP contribution in [0.25, 0.3) is 0 Å². The number of halogens is 3. The number of hydrogen-bond acceptors (Lipinski definition) is 2. The first-order chi connectivity index (χ1) is 5.88. The SMILES string of the molecule is C=CNC(=NCC(=O)O)C(F)(F)F. The predicted molar refractivity (Wildman–Crippen MR) is 39.3 cm³/mol. The molecule has 74 valence electrons. The van der Waals surface area contributed by atoms with E-state index in [9.17, 15) is 18.0 Å². The number of nitrogens with zero attached hydrogens (tertiary/aromatic N) is 1. The molecule has 0 rings (SSSR count). The van der Waals surface area contributed by atoms with Crippen LogP contribution in [-0.2, 0) is 4.79 Å². The summed E-state index contributed by atoms with van der Waals surface area (Å²) in [6.45, 7) is 2.07. The second-order valence-electron chi connectivity index (χ2n) is 1.90. The predicted octanol–water partition coefficient (Wildman–Crippen LogP) is 0.765. The van der Waals surface area contributed by atoms with Gasteiger partial charge in [-0.3, -0.25) is 9.79 Å². The normalized spacial score (nSPS) is 12.4. The molecule has 0 saturated carbocycles. The van der Waals surface area contributed by atoms with Gasteiger partial charge in [0, 0.05) is 0 Å². The monoisotopic (exact) mass is 196 g/mol. The van der Waals surface area contributed by atoms with E-state index in [-0.39, 0.29) is 0 Å². The first-order valence-corrected chi connectivity index (χ1v) is 3.08. The van der Waals surface area contributed by atoms with Crippen molar-refractivity contribution in [3.8, 4) is 0 Å². The third kappa shape index (κ3) is 4.83. The molecule has 0 spiro atoms. The van der Waals surface area contributed by atoms with Crippen molar-refractivity contribution >= 4 is 11.8 Å². The van der Waals surface area contributed by atoms with Crippen molar-refractivity contribution < 1.29 is 23.1 Å². The van der Waals surface area contributed by atoms with Crippen LogP contribution in [-0.4, -0.2) is 29.6 Å². The minimum atomic E-state index is -4.69. The molecule has 0 unspecified atom stereocenters. The minimum absolute atomic E-state index is 0.772. The summed E-state index contributed by atoms with van der Waals surface area (Å²) < 4.78 is 35.8. The summed E-state index contributed by atoms with van der Waals surface area (Å²) in [5.41, 5.74) is 0. The molecule has 2 N–H and O–H groups in total. The molecule has 0 atom stereocenters. The number of carbonyl (C=O) groups is 1. The fraction of sp³-hybridized carbons (Fsp3) is 0.333. The standard InChI is InChI=1S/C6H7F3N2O2/c1-2-10-5(6(7,8)9)11-3-4(12)13/h2H,1,3H2,(H,10,11)(H,12,13). The van der Waals surface area contributed by atoms with Crippen molar-refractivity contribution in [2.24, 2.45) is 4.99 Å². The maximum atomic E-state index is 11.9.